The third-order valence-electron chi connectivity index (χ3n) is 3.33. The van der Waals surface area contributed by atoms with Crippen LogP contribution in [-0.4, -0.2) is 11.8 Å². The zero-order chi connectivity index (χ0) is 16.0. The first kappa shape index (κ1) is 17.1. The van der Waals surface area contributed by atoms with Crippen LogP contribution in [0.4, 0.5) is 4.39 Å². The average Bonchev–Trinajstić information content (AvgIpc) is 2.40. The molecule has 4 nitrogen and oxygen atoms in total. The molecular formula is C16H23FN2O2. The van der Waals surface area contributed by atoms with E-state index in [0.717, 1.165) is 18.9 Å². The van der Waals surface area contributed by atoms with E-state index >= 15 is 0 Å². The molecule has 0 spiro atoms. The molecule has 0 aliphatic carbocycles. The van der Waals surface area contributed by atoms with Crippen LogP contribution >= 0.6 is 0 Å². The minimum atomic E-state index is -0.535. The van der Waals surface area contributed by atoms with Gasteiger partial charge >= 0.3 is 0 Å². The standard InChI is InChI=1S/C16H23FN2O2/c1-5-7-13(16(2,3)4)15(21)19-18-14(20)11-8-6-9-12(17)10-11/h6,8-10,13H,5,7H2,1-4H3,(H,18,20)(H,19,21). The van der Waals surface area contributed by atoms with Gasteiger partial charge in [0.05, 0.1) is 0 Å². The van der Waals surface area contributed by atoms with Crippen LogP contribution in [0.5, 0.6) is 0 Å². The Kier molecular flexibility index (Phi) is 5.88. The molecule has 0 aromatic heterocycles. The highest BCUT2D eigenvalue weighted by molar-refractivity contribution is 5.95. The van der Waals surface area contributed by atoms with Crippen LogP contribution in [0.1, 0.15) is 50.9 Å². The molecule has 2 N–H and O–H groups in total. The fraction of sp³-hybridized carbons (Fsp3) is 0.500. The van der Waals surface area contributed by atoms with Gasteiger partial charge in [-0.15, -0.1) is 0 Å². The number of rotatable bonds is 4. The molecule has 0 radical (unpaired) electrons. The maximum Gasteiger partial charge on any atom is 0.269 e. The summed E-state index contributed by atoms with van der Waals surface area (Å²) in [7, 11) is 0. The molecule has 1 rings (SSSR count). The minimum absolute atomic E-state index is 0.165. The lowest BCUT2D eigenvalue weighted by Crippen LogP contribution is -2.47. The van der Waals surface area contributed by atoms with E-state index in [2.05, 4.69) is 10.9 Å². The summed E-state index contributed by atoms with van der Waals surface area (Å²) >= 11 is 0. The van der Waals surface area contributed by atoms with Gasteiger partial charge in [0.15, 0.2) is 0 Å². The molecule has 116 valence electrons. The third-order valence-corrected chi connectivity index (χ3v) is 3.33. The Hall–Kier alpha value is -1.91. The van der Waals surface area contributed by atoms with Crippen LogP contribution in [0, 0.1) is 17.2 Å². The van der Waals surface area contributed by atoms with Gasteiger partial charge in [0.1, 0.15) is 5.82 Å². The number of carbonyl (C=O) groups is 2. The Morgan fingerprint density at radius 3 is 2.43 bits per heavy atom. The molecule has 0 heterocycles. The first-order chi connectivity index (χ1) is 9.75. The maximum absolute atomic E-state index is 13.0. The largest absolute Gasteiger partial charge is 0.273 e. The van der Waals surface area contributed by atoms with E-state index in [0.29, 0.717) is 0 Å². The number of halogens is 1. The average molecular weight is 294 g/mol. The van der Waals surface area contributed by atoms with E-state index in [1.54, 1.807) is 0 Å². The zero-order valence-corrected chi connectivity index (χ0v) is 13.0. The van der Waals surface area contributed by atoms with Gasteiger partial charge in [-0.05, 0) is 30.0 Å². The number of nitrogens with one attached hydrogen (secondary N) is 2. The van der Waals surface area contributed by atoms with E-state index in [-0.39, 0.29) is 22.8 Å². The molecule has 5 heteroatoms. The molecule has 0 bridgehead atoms. The molecule has 1 atom stereocenters. The lowest BCUT2D eigenvalue weighted by Gasteiger charge is -2.29. The molecule has 0 saturated carbocycles. The van der Waals surface area contributed by atoms with Crippen molar-refractivity contribution in [2.45, 2.75) is 40.5 Å². The van der Waals surface area contributed by atoms with Crippen molar-refractivity contribution in [2.24, 2.45) is 11.3 Å². The highest BCUT2D eigenvalue weighted by Gasteiger charge is 2.30. The number of hydrazine groups is 1. The van der Waals surface area contributed by atoms with Crippen molar-refractivity contribution in [3.63, 3.8) is 0 Å². The fourth-order valence-electron chi connectivity index (χ4n) is 2.15. The van der Waals surface area contributed by atoms with Gasteiger partial charge in [-0.3, -0.25) is 20.4 Å². The minimum Gasteiger partial charge on any atom is -0.273 e. The lowest BCUT2D eigenvalue weighted by atomic mass is 9.78. The first-order valence-corrected chi connectivity index (χ1v) is 7.11. The Bertz CT molecular complexity index is 509. The molecule has 2 amide bonds. The summed E-state index contributed by atoms with van der Waals surface area (Å²) in [5, 5.41) is 0. The zero-order valence-electron chi connectivity index (χ0n) is 13.0. The monoisotopic (exact) mass is 294 g/mol. The SMILES string of the molecule is CCCC(C(=O)NNC(=O)c1cccc(F)c1)C(C)(C)C. The summed E-state index contributed by atoms with van der Waals surface area (Å²) in [4.78, 5) is 24.0. The number of benzene rings is 1. The van der Waals surface area contributed by atoms with Gasteiger partial charge in [0.2, 0.25) is 5.91 Å². The van der Waals surface area contributed by atoms with Gasteiger partial charge < -0.3 is 0 Å². The highest BCUT2D eigenvalue weighted by Crippen LogP contribution is 2.29. The summed E-state index contributed by atoms with van der Waals surface area (Å²) < 4.78 is 13.0. The molecule has 0 aliphatic rings. The van der Waals surface area contributed by atoms with Gasteiger partial charge in [-0.1, -0.05) is 40.2 Å². The van der Waals surface area contributed by atoms with Crippen molar-refractivity contribution in [1.29, 1.82) is 0 Å². The highest BCUT2D eigenvalue weighted by atomic mass is 19.1. The lowest BCUT2D eigenvalue weighted by molar-refractivity contribution is -0.129. The number of hydrogen-bond acceptors (Lipinski definition) is 2. The quantitative estimate of drug-likeness (QED) is 0.839. The smallest absolute Gasteiger partial charge is 0.269 e. The Morgan fingerprint density at radius 1 is 1.24 bits per heavy atom. The molecule has 0 saturated heterocycles. The van der Waals surface area contributed by atoms with E-state index in [1.165, 1.54) is 18.2 Å². The van der Waals surface area contributed by atoms with Crippen LogP contribution in [0.2, 0.25) is 0 Å². The number of carbonyl (C=O) groups excluding carboxylic acids is 2. The molecule has 1 aromatic carbocycles. The second kappa shape index (κ2) is 7.20. The predicted octanol–water partition coefficient (Wildman–Crippen LogP) is 3.05. The Morgan fingerprint density at radius 2 is 1.90 bits per heavy atom. The van der Waals surface area contributed by atoms with Crippen molar-refractivity contribution in [3.8, 4) is 0 Å². The molecule has 0 fully saturated rings. The Labute approximate surface area is 125 Å². The normalized spacial score (nSPS) is 12.6. The summed E-state index contributed by atoms with van der Waals surface area (Å²) in [6, 6.07) is 5.31. The van der Waals surface area contributed by atoms with Gasteiger partial charge in [0, 0.05) is 11.5 Å². The van der Waals surface area contributed by atoms with Gasteiger partial charge in [-0.25, -0.2) is 4.39 Å². The maximum atomic E-state index is 13.0. The van der Waals surface area contributed by atoms with E-state index in [1.807, 2.05) is 27.7 Å². The van der Waals surface area contributed by atoms with E-state index in [9.17, 15) is 14.0 Å². The van der Waals surface area contributed by atoms with Crippen molar-refractivity contribution in [3.05, 3.63) is 35.6 Å². The van der Waals surface area contributed by atoms with E-state index in [4.69, 9.17) is 0 Å². The number of amides is 2. The number of hydrogen-bond donors (Lipinski definition) is 2. The summed E-state index contributed by atoms with van der Waals surface area (Å²) in [6.45, 7) is 7.97. The second-order valence-corrected chi connectivity index (χ2v) is 6.16. The van der Waals surface area contributed by atoms with Crippen LogP contribution in [-0.2, 0) is 4.79 Å². The van der Waals surface area contributed by atoms with Gasteiger partial charge in [0.25, 0.3) is 5.91 Å². The first-order valence-electron chi connectivity index (χ1n) is 7.11. The summed E-state index contributed by atoms with van der Waals surface area (Å²) in [5.41, 5.74) is 4.74. The van der Waals surface area contributed by atoms with Crippen LogP contribution in [0.25, 0.3) is 0 Å². The topological polar surface area (TPSA) is 58.2 Å². The molecule has 1 aromatic rings. The Balaban J connectivity index is 2.65. The van der Waals surface area contributed by atoms with E-state index < -0.39 is 11.7 Å². The molecular weight excluding hydrogens is 271 g/mol. The van der Waals surface area contributed by atoms with Crippen LogP contribution < -0.4 is 10.9 Å². The van der Waals surface area contributed by atoms with Gasteiger partial charge in [-0.2, -0.15) is 0 Å². The third kappa shape index (κ3) is 5.17. The predicted molar refractivity (Wildman–Crippen MR) is 79.9 cm³/mol. The van der Waals surface area contributed by atoms with Crippen molar-refractivity contribution in [2.75, 3.05) is 0 Å². The summed E-state index contributed by atoms with van der Waals surface area (Å²) in [6.07, 6.45) is 1.62. The molecule has 21 heavy (non-hydrogen) atoms. The van der Waals surface area contributed by atoms with Crippen molar-refractivity contribution < 1.29 is 14.0 Å². The van der Waals surface area contributed by atoms with Crippen LogP contribution in [0.3, 0.4) is 0 Å². The van der Waals surface area contributed by atoms with Crippen LogP contribution in [0.15, 0.2) is 24.3 Å². The van der Waals surface area contributed by atoms with Crippen molar-refractivity contribution in [1.82, 2.24) is 10.9 Å². The second-order valence-electron chi connectivity index (χ2n) is 6.16. The van der Waals surface area contributed by atoms with Crippen molar-refractivity contribution >= 4 is 11.8 Å². The molecule has 0 aliphatic heterocycles. The fourth-order valence-corrected chi connectivity index (χ4v) is 2.15. The summed E-state index contributed by atoms with van der Waals surface area (Å²) in [5.74, 6) is -1.45. The molecule has 1 unspecified atom stereocenters.